The Balaban J connectivity index is 2.18. The Bertz CT molecular complexity index is 519. The van der Waals surface area contributed by atoms with Gasteiger partial charge in [0.1, 0.15) is 4.34 Å². The number of carboxylic acid groups (broad SMARTS) is 1. The number of hydrogen-bond donors (Lipinski definition) is 1. The summed E-state index contributed by atoms with van der Waals surface area (Å²) in [5.74, 6) is -1.41. The highest BCUT2D eigenvalue weighted by molar-refractivity contribution is 7.20. The van der Waals surface area contributed by atoms with Gasteiger partial charge in [0, 0.05) is 6.54 Å². The molecule has 2 rings (SSSR count). The quantitative estimate of drug-likeness (QED) is 0.907. The van der Waals surface area contributed by atoms with Crippen molar-refractivity contribution >= 4 is 46.4 Å². The molecule has 0 aromatic carbocycles. The number of amides is 1. The summed E-state index contributed by atoms with van der Waals surface area (Å²) in [6.45, 7) is 2.05. The van der Waals surface area contributed by atoms with Gasteiger partial charge in [0.25, 0.3) is 5.91 Å². The first-order valence-electron chi connectivity index (χ1n) is 5.51. The first kappa shape index (κ1) is 14.6. The molecule has 1 unspecified atom stereocenters. The number of halogens is 2. The summed E-state index contributed by atoms with van der Waals surface area (Å²) in [7, 11) is 0. The zero-order valence-electron chi connectivity index (χ0n) is 9.93. The Morgan fingerprint density at radius 3 is 2.68 bits per heavy atom. The lowest BCUT2D eigenvalue weighted by Gasteiger charge is -2.34. The van der Waals surface area contributed by atoms with Crippen LogP contribution in [0.15, 0.2) is 6.07 Å². The Kier molecular flexibility index (Phi) is 4.35. The van der Waals surface area contributed by atoms with Gasteiger partial charge < -0.3 is 14.7 Å². The van der Waals surface area contributed by atoms with Crippen LogP contribution in [-0.4, -0.2) is 47.2 Å². The molecule has 1 N–H and O–H groups in total. The van der Waals surface area contributed by atoms with E-state index in [1.807, 2.05) is 0 Å². The first-order valence-corrected chi connectivity index (χ1v) is 7.08. The van der Waals surface area contributed by atoms with Gasteiger partial charge in [-0.2, -0.15) is 0 Å². The second-order valence-electron chi connectivity index (χ2n) is 4.22. The lowest BCUT2D eigenvalue weighted by molar-refractivity contribution is -0.160. The molecule has 0 spiro atoms. The monoisotopic (exact) mass is 323 g/mol. The molecule has 1 aliphatic heterocycles. The van der Waals surface area contributed by atoms with Crippen LogP contribution in [0.3, 0.4) is 0 Å². The van der Waals surface area contributed by atoms with E-state index in [1.54, 1.807) is 6.92 Å². The fraction of sp³-hybridized carbons (Fsp3) is 0.455. The molecule has 2 heterocycles. The Morgan fingerprint density at radius 1 is 1.47 bits per heavy atom. The van der Waals surface area contributed by atoms with Gasteiger partial charge in [0.05, 0.1) is 22.5 Å². The van der Waals surface area contributed by atoms with Crippen molar-refractivity contribution in [1.29, 1.82) is 0 Å². The van der Waals surface area contributed by atoms with Crippen molar-refractivity contribution in [2.24, 2.45) is 0 Å². The molecular weight excluding hydrogens is 313 g/mol. The maximum absolute atomic E-state index is 12.3. The zero-order valence-corrected chi connectivity index (χ0v) is 12.3. The van der Waals surface area contributed by atoms with Crippen molar-refractivity contribution < 1.29 is 19.4 Å². The van der Waals surface area contributed by atoms with Gasteiger partial charge in [-0.25, -0.2) is 4.79 Å². The molecule has 19 heavy (non-hydrogen) atoms. The van der Waals surface area contributed by atoms with Crippen LogP contribution in [0.2, 0.25) is 8.67 Å². The van der Waals surface area contributed by atoms with Crippen LogP contribution in [0.1, 0.15) is 17.3 Å². The van der Waals surface area contributed by atoms with Gasteiger partial charge in [-0.05, 0) is 13.0 Å². The molecule has 1 aromatic heterocycles. The molecule has 0 bridgehead atoms. The van der Waals surface area contributed by atoms with E-state index in [2.05, 4.69) is 0 Å². The van der Waals surface area contributed by atoms with Crippen LogP contribution in [-0.2, 0) is 9.53 Å². The van der Waals surface area contributed by atoms with Crippen molar-refractivity contribution in [3.63, 3.8) is 0 Å². The molecular formula is C11H11Cl2NO4S. The Morgan fingerprint density at radius 2 is 2.16 bits per heavy atom. The number of rotatable bonds is 2. The van der Waals surface area contributed by atoms with Gasteiger partial charge in [0.2, 0.25) is 0 Å². The molecule has 0 radical (unpaired) electrons. The lowest BCUT2D eigenvalue weighted by atomic mass is 10.2. The van der Waals surface area contributed by atoms with Gasteiger partial charge in [-0.3, -0.25) is 4.79 Å². The second kappa shape index (κ2) is 5.66. The average molecular weight is 324 g/mol. The largest absolute Gasteiger partial charge is 0.479 e. The second-order valence-corrected chi connectivity index (χ2v) is 6.51. The highest BCUT2D eigenvalue weighted by Gasteiger charge is 2.33. The number of morpholine rings is 1. The van der Waals surface area contributed by atoms with Crippen LogP contribution in [0.5, 0.6) is 0 Å². The molecule has 8 heteroatoms. The minimum atomic E-state index is -1.08. The first-order chi connectivity index (χ1) is 8.88. The smallest absolute Gasteiger partial charge is 0.334 e. The third kappa shape index (κ3) is 3.20. The molecule has 1 aromatic rings. The van der Waals surface area contributed by atoms with Crippen LogP contribution < -0.4 is 0 Å². The van der Waals surface area contributed by atoms with Gasteiger partial charge in [-0.1, -0.05) is 23.2 Å². The molecule has 1 amide bonds. The van der Waals surface area contributed by atoms with E-state index in [-0.39, 0.29) is 18.6 Å². The number of carbonyl (C=O) groups excluding carboxylic acids is 1. The predicted molar refractivity (Wildman–Crippen MR) is 72.2 cm³/mol. The van der Waals surface area contributed by atoms with E-state index < -0.39 is 12.1 Å². The van der Waals surface area contributed by atoms with Crippen LogP contribution in [0.25, 0.3) is 0 Å². The normalized spacial score (nSPS) is 23.4. The summed E-state index contributed by atoms with van der Waals surface area (Å²) < 4.78 is 5.98. The molecule has 0 saturated carbocycles. The lowest BCUT2D eigenvalue weighted by Crippen LogP contribution is -2.51. The van der Waals surface area contributed by atoms with E-state index in [1.165, 1.54) is 11.0 Å². The third-order valence-electron chi connectivity index (χ3n) is 2.71. The zero-order chi connectivity index (χ0) is 14.2. The standard InChI is InChI=1S/C11H11Cl2NO4S/c1-5-3-14(4-7(18-5)11(16)17)10(15)6-2-8(12)19-9(6)13/h2,5,7H,3-4H2,1H3,(H,16,17)/t5-,7?/m1/s1. The van der Waals surface area contributed by atoms with Crippen molar-refractivity contribution in [3.8, 4) is 0 Å². The van der Waals surface area contributed by atoms with E-state index in [9.17, 15) is 9.59 Å². The van der Waals surface area contributed by atoms with E-state index in [0.717, 1.165) is 11.3 Å². The summed E-state index contributed by atoms with van der Waals surface area (Å²) in [5, 5.41) is 8.98. The van der Waals surface area contributed by atoms with Crippen LogP contribution in [0, 0.1) is 0 Å². The summed E-state index contributed by atoms with van der Waals surface area (Å²) in [6, 6.07) is 1.49. The van der Waals surface area contributed by atoms with Gasteiger partial charge >= 0.3 is 5.97 Å². The van der Waals surface area contributed by atoms with E-state index in [4.69, 9.17) is 33.0 Å². The van der Waals surface area contributed by atoms with Gasteiger partial charge in [-0.15, -0.1) is 11.3 Å². The van der Waals surface area contributed by atoms with E-state index in [0.29, 0.717) is 20.8 Å². The van der Waals surface area contributed by atoms with E-state index >= 15 is 0 Å². The SMILES string of the molecule is C[C@@H]1CN(C(=O)c2cc(Cl)sc2Cl)CC(C(=O)O)O1. The molecule has 0 aliphatic carbocycles. The van der Waals surface area contributed by atoms with Crippen molar-refractivity contribution in [2.45, 2.75) is 19.1 Å². The predicted octanol–water partition coefficient (Wildman–Crippen LogP) is 2.37. The minimum absolute atomic E-state index is 0.00228. The average Bonchev–Trinajstić information content (AvgIpc) is 2.66. The fourth-order valence-corrected chi connectivity index (χ4v) is 3.36. The highest BCUT2D eigenvalue weighted by Crippen LogP contribution is 2.32. The number of ether oxygens (including phenoxy) is 1. The number of nitrogens with zero attached hydrogens (tertiary/aromatic N) is 1. The Labute approximate surface area is 123 Å². The van der Waals surface area contributed by atoms with Crippen molar-refractivity contribution in [1.82, 2.24) is 4.90 Å². The molecule has 5 nitrogen and oxygen atoms in total. The number of thiophene rings is 1. The van der Waals surface area contributed by atoms with Crippen LogP contribution in [0.4, 0.5) is 0 Å². The van der Waals surface area contributed by atoms with Crippen LogP contribution >= 0.6 is 34.5 Å². The molecule has 1 aliphatic rings. The summed E-state index contributed by atoms with van der Waals surface area (Å²) in [4.78, 5) is 24.7. The number of carbonyl (C=O) groups is 2. The van der Waals surface area contributed by atoms with Gasteiger partial charge in [0.15, 0.2) is 6.10 Å². The van der Waals surface area contributed by atoms with Crippen molar-refractivity contribution in [2.75, 3.05) is 13.1 Å². The summed E-state index contributed by atoms with van der Waals surface area (Å²) in [5.41, 5.74) is 0.301. The number of carboxylic acids is 1. The minimum Gasteiger partial charge on any atom is -0.479 e. The number of aliphatic carboxylic acids is 1. The summed E-state index contributed by atoms with van der Waals surface area (Å²) in [6.07, 6.45) is -1.35. The third-order valence-corrected chi connectivity index (χ3v) is 4.20. The molecule has 1 saturated heterocycles. The summed E-state index contributed by atoms with van der Waals surface area (Å²) >= 11 is 12.8. The molecule has 2 atom stereocenters. The molecule has 1 fully saturated rings. The highest BCUT2D eigenvalue weighted by atomic mass is 35.5. The topological polar surface area (TPSA) is 66.8 Å². The van der Waals surface area contributed by atoms with Crippen molar-refractivity contribution in [3.05, 3.63) is 20.3 Å². The Hall–Kier alpha value is -0.820. The molecule has 104 valence electrons. The maximum atomic E-state index is 12.3. The fourth-order valence-electron chi connectivity index (χ4n) is 1.91. The number of hydrogen-bond acceptors (Lipinski definition) is 4. The maximum Gasteiger partial charge on any atom is 0.334 e.